The molecule has 0 aliphatic carbocycles. The fourth-order valence-electron chi connectivity index (χ4n) is 8.58. The summed E-state index contributed by atoms with van der Waals surface area (Å²) in [5.41, 5.74) is 8.86. The van der Waals surface area contributed by atoms with Gasteiger partial charge in [0.1, 0.15) is 0 Å². The van der Waals surface area contributed by atoms with Gasteiger partial charge in [-0.1, -0.05) is 119 Å². The molecule has 0 radical (unpaired) electrons. The van der Waals surface area contributed by atoms with Crippen molar-refractivity contribution in [3.05, 3.63) is 193 Å². The minimum atomic E-state index is -1.77. The van der Waals surface area contributed by atoms with Crippen molar-refractivity contribution in [3.8, 4) is 11.4 Å². The fraction of sp³-hybridized carbons (Fsp3) is 0.102. The van der Waals surface area contributed by atoms with Crippen LogP contribution < -0.4 is 0 Å². The van der Waals surface area contributed by atoms with Crippen LogP contribution in [0.1, 0.15) is 38.8 Å². The van der Waals surface area contributed by atoms with Crippen molar-refractivity contribution in [2.24, 2.45) is 0 Å². The zero-order valence-electron chi connectivity index (χ0n) is 30.1. The SMILES string of the molecule is CC.CC1(C)c2ccccc2-n2ccc3c2c1cc1c2ccccc2n(-c2ccc(S(c4ccccc4)(c4ccccc4)c4ccccc4)cc2)c13. The molecule has 0 saturated carbocycles. The molecule has 0 amide bonds. The van der Waals surface area contributed by atoms with E-state index in [1.54, 1.807) is 0 Å². The predicted octanol–water partition coefficient (Wildman–Crippen LogP) is 13.7. The molecule has 0 unspecified atom stereocenters. The van der Waals surface area contributed by atoms with Crippen LogP contribution in [-0.2, 0) is 5.41 Å². The summed E-state index contributed by atoms with van der Waals surface area (Å²) in [5, 5.41) is 3.87. The maximum absolute atomic E-state index is 2.50. The highest BCUT2D eigenvalue weighted by Crippen LogP contribution is 2.73. The van der Waals surface area contributed by atoms with Gasteiger partial charge in [0, 0.05) is 58.7 Å². The third-order valence-electron chi connectivity index (χ3n) is 10.8. The number of benzene rings is 7. The lowest BCUT2D eigenvalue weighted by Crippen LogP contribution is -2.26. The summed E-state index contributed by atoms with van der Waals surface area (Å²) < 4.78 is 4.91. The van der Waals surface area contributed by atoms with Gasteiger partial charge in [-0.25, -0.2) is 0 Å². The molecule has 0 fully saturated rings. The normalized spacial score (nSPS) is 13.5. The monoisotopic (exact) mass is 690 g/mol. The van der Waals surface area contributed by atoms with Crippen LogP contribution in [0.25, 0.3) is 44.1 Å². The van der Waals surface area contributed by atoms with Crippen molar-refractivity contribution in [2.75, 3.05) is 0 Å². The lowest BCUT2D eigenvalue weighted by molar-refractivity contribution is 0.629. The van der Waals surface area contributed by atoms with E-state index in [1.165, 1.54) is 74.8 Å². The molecule has 254 valence electrons. The molecule has 1 aliphatic heterocycles. The van der Waals surface area contributed by atoms with Gasteiger partial charge < -0.3 is 9.13 Å². The highest BCUT2D eigenvalue weighted by atomic mass is 32.3. The highest BCUT2D eigenvalue weighted by Gasteiger charge is 2.36. The molecule has 3 heteroatoms. The first-order chi connectivity index (χ1) is 25.6. The van der Waals surface area contributed by atoms with Crippen LogP contribution in [0, 0.1) is 0 Å². The van der Waals surface area contributed by atoms with Crippen LogP contribution in [0.15, 0.2) is 202 Å². The Bertz CT molecular complexity index is 2600. The molecule has 52 heavy (non-hydrogen) atoms. The van der Waals surface area contributed by atoms with Gasteiger partial charge in [-0.15, -0.1) is 10.0 Å². The minimum Gasteiger partial charge on any atom is -0.316 e. The Balaban J connectivity index is 0.00000177. The second-order valence-electron chi connectivity index (χ2n) is 13.8. The first-order valence-corrected chi connectivity index (χ1v) is 20.0. The fourth-order valence-corrected chi connectivity index (χ4v) is 12.5. The molecule has 0 spiro atoms. The molecule has 10 rings (SSSR count). The van der Waals surface area contributed by atoms with E-state index in [4.69, 9.17) is 0 Å². The van der Waals surface area contributed by atoms with Gasteiger partial charge in [-0.05, 0) is 96.1 Å². The lowest BCUT2D eigenvalue weighted by atomic mass is 9.74. The molecular formula is C49H42N2S. The van der Waals surface area contributed by atoms with Crippen LogP contribution in [-0.4, -0.2) is 9.13 Å². The maximum Gasteiger partial charge on any atom is 0.0635 e. The summed E-state index contributed by atoms with van der Waals surface area (Å²) in [5.74, 6) is 0. The van der Waals surface area contributed by atoms with Gasteiger partial charge in [-0.3, -0.25) is 0 Å². The molecule has 1 aliphatic rings. The third kappa shape index (κ3) is 4.52. The third-order valence-corrected chi connectivity index (χ3v) is 14.8. The molecule has 0 bridgehead atoms. The van der Waals surface area contributed by atoms with Crippen LogP contribution in [0.3, 0.4) is 0 Å². The van der Waals surface area contributed by atoms with E-state index in [0.29, 0.717) is 0 Å². The topological polar surface area (TPSA) is 9.86 Å². The smallest absolute Gasteiger partial charge is 0.0635 e. The average molecular weight is 691 g/mol. The maximum atomic E-state index is 2.50. The second-order valence-corrected chi connectivity index (χ2v) is 16.9. The van der Waals surface area contributed by atoms with Gasteiger partial charge in [0.15, 0.2) is 0 Å². The van der Waals surface area contributed by atoms with Crippen molar-refractivity contribution in [1.82, 2.24) is 9.13 Å². The van der Waals surface area contributed by atoms with E-state index in [0.717, 1.165) is 0 Å². The molecular weight excluding hydrogens is 649 g/mol. The van der Waals surface area contributed by atoms with E-state index >= 15 is 0 Å². The first-order valence-electron chi connectivity index (χ1n) is 18.4. The lowest BCUT2D eigenvalue weighted by Gasteiger charge is -2.42. The Morgan fingerprint density at radius 3 is 1.58 bits per heavy atom. The summed E-state index contributed by atoms with van der Waals surface area (Å²) in [6.07, 6.45) is 2.27. The summed E-state index contributed by atoms with van der Waals surface area (Å²) in [7, 11) is -1.77. The molecule has 0 atom stereocenters. The van der Waals surface area contributed by atoms with E-state index in [1.807, 2.05) is 13.8 Å². The number of nitrogens with zero attached hydrogens (tertiary/aromatic N) is 2. The average Bonchev–Trinajstić information content (AvgIpc) is 3.80. The standard InChI is InChI=1S/C47H36N2S.C2H6/c1-47(2)41-23-13-15-25-44(41)48-31-30-39-45-40(32-42(47)46(39)48)38-22-12-14-24-43(38)49(45)33-26-28-37(29-27-33)50(34-16-6-3-7-17-34,35-18-8-4-9-19-35)36-20-10-5-11-21-36;1-2/h3-32H,1-2H3;1-2H3. The van der Waals surface area contributed by atoms with Gasteiger partial charge in [0.2, 0.25) is 0 Å². The Kier molecular flexibility index (Phi) is 7.71. The number of hydrogen-bond acceptors (Lipinski definition) is 0. The zero-order chi connectivity index (χ0) is 35.5. The number of aromatic nitrogens is 2. The summed E-state index contributed by atoms with van der Waals surface area (Å²) in [6.45, 7) is 8.75. The van der Waals surface area contributed by atoms with Crippen molar-refractivity contribution < 1.29 is 0 Å². The van der Waals surface area contributed by atoms with Crippen LogP contribution in [0.2, 0.25) is 0 Å². The van der Waals surface area contributed by atoms with Gasteiger partial charge in [-0.2, -0.15) is 0 Å². The first kappa shape index (κ1) is 32.2. The Morgan fingerprint density at radius 2 is 0.962 bits per heavy atom. The molecule has 9 aromatic rings. The quantitative estimate of drug-likeness (QED) is 0.170. The van der Waals surface area contributed by atoms with E-state index < -0.39 is 10.0 Å². The Labute approximate surface area is 307 Å². The second kappa shape index (κ2) is 12.5. The van der Waals surface area contributed by atoms with Gasteiger partial charge >= 0.3 is 0 Å². The van der Waals surface area contributed by atoms with Gasteiger partial charge in [0.25, 0.3) is 0 Å². The highest BCUT2D eigenvalue weighted by molar-refractivity contribution is 8.34. The van der Waals surface area contributed by atoms with Crippen molar-refractivity contribution in [1.29, 1.82) is 0 Å². The molecule has 2 nitrogen and oxygen atoms in total. The molecule has 0 saturated heterocycles. The zero-order valence-corrected chi connectivity index (χ0v) is 30.9. The number of hydrogen-bond donors (Lipinski definition) is 0. The minimum absolute atomic E-state index is 0.124. The molecule has 0 N–H and O–H groups in total. The molecule has 3 heterocycles. The predicted molar refractivity (Wildman–Crippen MR) is 221 cm³/mol. The van der Waals surface area contributed by atoms with Gasteiger partial charge in [0.05, 0.1) is 16.6 Å². The summed E-state index contributed by atoms with van der Waals surface area (Å²) in [6, 6.07) is 65.3. The van der Waals surface area contributed by atoms with Crippen LogP contribution in [0.5, 0.6) is 0 Å². The van der Waals surface area contributed by atoms with E-state index in [2.05, 4.69) is 205 Å². The van der Waals surface area contributed by atoms with Crippen molar-refractivity contribution in [2.45, 2.75) is 52.7 Å². The largest absolute Gasteiger partial charge is 0.316 e. The molecule has 2 aromatic heterocycles. The molecule has 7 aromatic carbocycles. The Morgan fingerprint density at radius 1 is 0.442 bits per heavy atom. The number of para-hydroxylation sites is 2. The van der Waals surface area contributed by atoms with Crippen molar-refractivity contribution in [3.63, 3.8) is 0 Å². The number of fused-ring (bicyclic) bond motifs is 6. The summed E-state index contributed by atoms with van der Waals surface area (Å²) in [4.78, 5) is 5.30. The van der Waals surface area contributed by atoms with E-state index in [-0.39, 0.29) is 5.41 Å². The number of rotatable bonds is 5. The van der Waals surface area contributed by atoms with Crippen LogP contribution >= 0.6 is 10.0 Å². The van der Waals surface area contributed by atoms with E-state index in [9.17, 15) is 0 Å². The summed E-state index contributed by atoms with van der Waals surface area (Å²) >= 11 is 0. The Hall–Kier alpha value is -5.77. The van der Waals surface area contributed by atoms with Crippen LogP contribution in [0.4, 0.5) is 0 Å². The van der Waals surface area contributed by atoms with Crippen molar-refractivity contribution >= 4 is 42.7 Å².